The number of methoxy groups -OCH3 is 1. The molecule has 0 aliphatic heterocycles. The van der Waals surface area contributed by atoms with Crippen LogP contribution in [0.4, 0.5) is 5.69 Å². The molecule has 7 heteroatoms. The van der Waals surface area contributed by atoms with E-state index in [0.717, 1.165) is 6.42 Å². The second-order valence-electron chi connectivity index (χ2n) is 3.72. The summed E-state index contributed by atoms with van der Waals surface area (Å²) >= 11 is 1.19. The van der Waals surface area contributed by atoms with Crippen LogP contribution in [0.3, 0.4) is 0 Å². The van der Waals surface area contributed by atoms with Crippen molar-refractivity contribution in [2.45, 2.75) is 18.4 Å². The summed E-state index contributed by atoms with van der Waals surface area (Å²) in [5, 5.41) is 3.20. The molecule has 0 aliphatic carbocycles. The number of nitrogens with zero attached hydrogens (tertiary/aromatic N) is 1. The summed E-state index contributed by atoms with van der Waals surface area (Å²) in [6.45, 7) is 2.62. The van der Waals surface area contributed by atoms with E-state index >= 15 is 0 Å². The van der Waals surface area contributed by atoms with E-state index in [1.807, 2.05) is 6.92 Å². The monoisotopic (exact) mass is 283 g/mol. The molecule has 3 N–H and O–H groups in total. The number of anilines is 1. The van der Waals surface area contributed by atoms with Gasteiger partial charge in [-0.15, -0.1) is 0 Å². The van der Waals surface area contributed by atoms with Gasteiger partial charge in [-0.25, -0.2) is 9.78 Å². The van der Waals surface area contributed by atoms with E-state index in [9.17, 15) is 9.59 Å². The number of nitrogens with one attached hydrogen (secondary N) is 1. The van der Waals surface area contributed by atoms with Crippen LogP contribution in [-0.2, 0) is 9.53 Å². The first-order valence-corrected chi connectivity index (χ1v) is 6.81. The number of pyridine rings is 1. The lowest BCUT2D eigenvalue weighted by Gasteiger charge is -2.07. The number of rotatable bonds is 6. The maximum atomic E-state index is 11.5. The zero-order valence-electron chi connectivity index (χ0n) is 10.9. The molecule has 0 atom stereocenters. The van der Waals surface area contributed by atoms with E-state index in [2.05, 4.69) is 15.0 Å². The fourth-order valence-corrected chi connectivity index (χ4v) is 2.00. The largest absolute Gasteiger partial charge is 0.464 e. The van der Waals surface area contributed by atoms with Gasteiger partial charge in [-0.05, 0) is 18.6 Å². The molecule has 1 heterocycles. The molecule has 0 radical (unpaired) electrons. The lowest BCUT2D eigenvalue weighted by Crippen LogP contribution is -2.25. The van der Waals surface area contributed by atoms with Crippen molar-refractivity contribution in [1.29, 1.82) is 0 Å². The van der Waals surface area contributed by atoms with Crippen molar-refractivity contribution in [3.63, 3.8) is 0 Å². The van der Waals surface area contributed by atoms with Gasteiger partial charge in [0.1, 0.15) is 10.7 Å². The minimum absolute atomic E-state index is 0.0866. The Morgan fingerprint density at radius 2 is 2.21 bits per heavy atom. The summed E-state index contributed by atoms with van der Waals surface area (Å²) in [7, 11) is 1.28. The molecule has 0 unspecified atom stereocenters. The molecule has 1 aromatic rings. The standard InChI is InChI=1S/C12H17N3O3S/c1-3-6-14-10(16)7-19-11-8(13)4-5-9(15-11)12(17)18-2/h4-5H,3,6-7,13H2,1-2H3,(H,14,16). The van der Waals surface area contributed by atoms with Crippen LogP contribution >= 0.6 is 11.8 Å². The Morgan fingerprint density at radius 1 is 1.47 bits per heavy atom. The Morgan fingerprint density at radius 3 is 2.84 bits per heavy atom. The van der Waals surface area contributed by atoms with Crippen LogP contribution in [0.25, 0.3) is 0 Å². The van der Waals surface area contributed by atoms with E-state index in [-0.39, 0.29) is 17.4 Å². The highest BCUT2D eigenvalue weighted by Gasteiger charge is 2.12. The molecule has 0 saturated heterocycles. The number of aromatic nitrogens is 1. The number of hydrogen-bond donors (Lipinski definition) is 2. The van der Waals surface area contributed by atoms with E-state index in [1.165, 1.54) is 24.9 Å². The third-order valence-electron chi connectivity index (χ3n) is 2.20. The zero-order valence-corrected chi connectivity index (χ0v) is 11.8. The third kappa shape index (κ3) is 4.78. The van der Waals surface area contributed by atoms with Crippen LogP contribution in [0, 0.1) is 0 Å². The Bertz CT molecular complexity index is 466. The summed E-state index contributed by atoms with van der Waals surface area (Å²) < 4.78 is 4.58. The summed E-state index contributed by atoms with van der Waals surface area (Å²) in [6.07, 6.45) is 0.884. The van der Waals surface area contributed by atoms with Crippen LogP contribution < -0.4 is 11.1 Å². The fourth-order valence-electron chi connectivity index (χ4n) is 1.23. The topological polar surface area (TPSA) is 94.3 Å². The second-order valence-corrected chi connectivity index (χ2v) is 4.69. The first kappa shape index (κ1) is 15.3. The summed E-state index contributed by atoms with van der Waals surface area (Å²) in [4.78, 5) is 26.9. The quantitative estimate of drug-likeness (QED) is 0.599. The number of amides is 1. The molecule has 1 rings (SSSR count). The van der Waals surface area contributed by atoms with Gasteiger partial charge in [-0.3, -0.25) is 4.79 Å². The van der Waals surface area contributed by atoms with Gasteiger partial charge < -0.3 is 15.8 Å². The molecule has 0 aromatic carbocycles. The van der Waals surface area contributed by atoms with Gasteiger partial charge in [-0.1, -0.05) is 18.7 Å². The van der Waals surface area contributed by atoms with Crippen LogP contribution in [-0.4, -0.2) is 36.3 Å². The van der Waals surface area contributed by atoms with Crippen LogP contribution in [0.2, 0.25) is 0 Å². The average Bonchev–Trinajstić information content (AvgIpc) is 2.43. The predicted molar refractivity (Wildman–Crippen MR) is 74.0 cm³/mol. The maximum Gasteiger partial charge on any atom is 0.356 e. The molecule has 0 saturated carbocycles. The van der Waals surface area contributed by atoms with E-state index in [4.69, 9.17) is 5.73 Å². The summed E-state index contributed by atoms with van der Waals surface area (Å²) in [5.41, 5.74) is 6.36. The number of nitrogen functional groups attached to an aromatic ring is 1. The number of carbonyl (C=O) groups is 2. The smallest absolute Gasteiger partial charge is 0.356 e. The number of carbonyl (C=O) groups excluding carboxylic acids is 2. The van der Waals surface area contributed by atoms with Crippen molar-refractivity contribution in [2.75, 3.05) is 25.1 Å². The Balaban J connectivity index is 2.67. The predicted octanol–water partition coefficient (Wildman–Crippen LogP) is 1.07. The molecular formula is C12H17N3O3S. The van der Waals surface area contributed by atoms with Gasteiger partial charge in [0.05, 0.1) is 18.6 Å². The first-order chi connectivity index (χ1) is 9.08. The minimum atomic E-state index is -0.530. The summed E-state index contributed by atoms with van der Waals surface area (Å²) in [5.74, 6) is -0.407. The zero-order chi connectivity index (χ0) is 14.3. The lowest BCUT2D eigenvalue weighted by atomic mass is 10.3. The van der Waals surface area contributed by atoms with E-state index in [0.29, 0.717) is 17.3 Å². The number of nitrogens with two attached hydrogens (primary N) is 1. The number of hydrogen-bond acceptors (Lipinski definition) is 6. The Kier molecular flexibility index (Phi) is 6.14. The van der Waals surface area contributed by atoms with Gasteiger partial charge in [0.2, 0.25) is 5.91 Å². The van der Waals surface area contributed by atoms with Crippen LogP contribution in [0.15, 0.2) is 17.2 Å². The number of thioether (sulfide) groups is 1. The molecule has 1 amide bonds. The van der Waals surface area contributed by atoms with Crippen molar-refractivity contribution >= 4 is 29.3 Å². The highest BCUT2D eigenvalue weighted by molar-refractivity contribution is 8.00. The van der Waals surface area contributed by atoms with Gasteiger partial charge in [0, 0.05) is 6.54 Å². The van der Waals surface area contributed by atoms with E-state index in [1.54, 1.807) is 6.07 Å². The normalized spacial score (nSPS) is 10.0. The highest BCUT2D eigenvalue weighted by atomic mass is 32.2. The molecule has 104 valence electrons. The second kappa shape index (κ2) is 7.63. The van der Waals surface area contributed by atoms with Gasteiger partial charge in [0.25, 0.3) is 0 Å². The van der Waals surface area contributed by atoms with Crippen molar-refractivity contribution in [3.05, 3.63) is 17.8 Å². The highest BCUT2D eigenvalue weighted by Crippen LogP contribution is 2.22. The van der Waals surface area contributed by atoms with Crippen molar-refractivity contribution in [3.8, 4) is 0 Å². The third-order valence-corrected chi connectivity index (χ3v) is 3.20. The van der Waals surface area contributed by atoms with Crippen LogP contribution in [0.5, 0.6) is 0 Å². The van der Waals surface area contributed by atoms with Crippen molar-refractivity contribution in [2.24, 2.45) is 0 Å². The van der Waals surface area contributed by atoms with Gasteiger partial charge >= 0.3 is 5.97 Å². The number of ether oxygens (including phenoxy) is 1. The minimum Gasteiger partial charge on any atom is -0.464 e. The molecule has 0 bridgehead atoms. The molecule has 0 fully saturated rings. The molecule has 19 heavy (non-hydrogen) atoms. The lowest BCUT2D eigenvalue weighted by molar-refractivity contribution is -0.118. The molecule has 0 spiro atoms. The first-order valence-electron chi connectivity index (χ1n) is 5.82. The SMILES string of the molecule is CCCNC(=O)CSc1nc(C(=O)OC)ccc1N. The van der Waals surface area contributed by atoms with Crippen LogP contribution in [0.1, 0.15) is 23.8 Å². The van der Waals surface area contributed by atoms with E-state index < -0.39 is 5.97 Å². The van der Waals surface area contributed by atoms with Crippen molar-refractivity contribution in [1.82, 2.24) is 10.3 Å². The average molecular weight is 283 g/mol. The fraction of sp³-hybridized carbons (Fsp3) is 0.417. The number of esters is 1. The molecular weight excluding hydrogens is 266 g/mol. The molecule has 6 nitrogen and oxygen atoms in total. The Hall–Kier alpha value is -1.76. The summed E-state index contributed by atoms with van der Waals surface area (Å²) in [6, 6.07) is 3.06. The van der Waals surface area contributed by atoms with Gasteiger partial charge in [-0.2, -0.15) is 0 Å². The maximum absolute atomic E-state index is 11.5. The molecule has 1 aromatic heterocycles. The van der Waals surface area contributed by atoms with Crippen molar-refractivity contribution < 1.29 is 14.3 Å². The Labute approximate surface area is 116 Å². The van der Waals surface area contributed by atoms with Gasteiger partial charge in [0.15, 0.2) is 0 Å². The molecule has 0 aliphatic rings.